The van der Waals surface area contributed by atoms with Crippen molar-refractivity contribution in [3.8, 4) is 11.5 Å². The molecule has 2 bridgehead atoms. The van der Waals surface area contributed by atoms with Crippen LogP contribution in [-0.2, 0) is 0 Å². The molecule has 2 heterocycles. The maximum absolute atomic E-state index is 13.0. The van der Waals surface area contributed by atoms with Crippen molar-refractivity contribution in [2.75, 3.05) is 20.8 Å². The van der Waals surface area contributed by atoms with Gasteiger partial charge in [0.1, 0.15) is 0 Å². The molecule has 2 fully saturated rings. The molecule has 5 nitrogen and oxygen atoms in total. The van der Waals surface area contributed by atoms with E-state index in [0.29, 0.717) is 40.8 Å². The average molecular weight is 403 g/mol. The molecular formula is C19H28Cl2N2O3. The van der Waals surface area contributed by atoms with Crippen LogP contribution in [0, 0.1) is 0 Å². The second kappa shape index (κ2) is 9.16. The van der Waals surface area contributed by atoms with E-state index >= 15 is 0 Å². The summed E-state index contributed by atoms with van der Waals surface area (Å²) >= 11 is 6.35. The molecule has 0 aromatic heterocycles. The highest BCUT2D eigenvalue weighted by atomic mass is 35.5. The van der Waals surface area contributed by atoms with Crippen molar-refractivity contribution in [2.24, 2.45) is 0 Å². The van der Waals surface area contributed by atoms with E-state index in [4.69, 9.17) is 21.1 Å². The Labute approximate surface area is 166 Å². The van der Waals surface area contributed by atoms with Gasteiger partial charge in [-0.05, 0) is 44.2 Å². The fraction of sp³-hybridized carbons (Fsp3) is 0.632. The smallest absolute Gasteiger partial charge is 0.254 e. The lowest BCUT2D eigenvalue weighted by Crippen LogP contribution is -2.48. The molecule has 2 atom stereocenters. The van der Waals surface area contributed by atoms with Crippen molar-refractivity contribution in [3.63, 3.8) is 0 Å². The van der Waals surface area contributed by atoms with Crippen molar-refractivity contribution < 1.29 is 14.3 Å². The van der Waals surface area contributed by atoms with Crippen LogP contribution in [-0.4, -0.2) is 49.7 Å². The molecule has 0 aliphatic carbocycles. The SMILES string of the molecule is CCCOc1c(Cl)cc(C(=O)N(C)C2CC3CCC(C2)N3)cc1OC.Cl. The van der Waals surface area contributed by atoms with E-state index < -0.39 is 0 Å². The molecule has 2 aliphatic rings. The van der Waals surface area contributed by atoms with Gasteiger partial charge < -0.3 is 19.7 Å². The number of fused-ring (bicyclic) bond motifs is 2. The van der Waals surface area contributed by atoms with Gasteiger partial charge in [-0.1, -0.05) is 18.5 Å². The second-order valence-electron chi connectivity index (χ2n) is 7.02. The first-order chi connectivity index (χ1) is 12.0. The van der Waals surface area contributed by atoms with Crippen LogP contribution in [0.3, 0.4) is 0 Å². The van der Waals surface area contributed by atoms with Crippen LogP contribution in [0.25, 0.3) is 0 Å². The number of halogens is 2. The number of hydrogen-bond donors (Lipinski definition) is 1. The summed E-state index contributed by atoms with van der Waals surface area (Å²) in [6, 6.07) is 4.77. The van der Waals surface area contributed by atoms with E-state index in [2.05, 4.69) is 5.32 Å². The lowest BCUT2D eigenvalue weighted by Gasteiger charge is -2.35. The predicted octanol–water partition coefficient (Wildman–Crippen LogP) is 3.91. The van der Waals surface area contributed by atoms with Crippen molar-refractivity contribution in [1.29, 1.82) is 0 Å². The molecule has 7 heteroatoms. The lowest BCUT2D eigenvalue weighted by atomic mass is 9.98. The monoisotopic (exact) mass is 402 g/mol. The molecule has 1 N–H and O–H groups in total. The fourth-order valence-corrected chi connectivity index (χ4v) is 4.17. The van der Waals surface area contributed by atoms with Gasteiger partial charge in [-0.25, -0.2) is 0 Å². The molecule has 1 amide bonds. The molecule has 2 unspecified atom stereocenters. The number of amides is 1. The molecule has 26 heavy (non-hydrogen) atoms. The number of hydrogen-bond acceptors (Lipinski definition) is 4. The van der Waals surface area contributed by atoms with E-state index in [1.165, 1.54) is 12.8 Å². The number of methoxy groups -OCH3 is 1. The summed E-state index contributed by atoms with van der Waals surface area (Å²) in [6.45, 7) is 2.58. The number of nitrogens with one attached hydrogen (secondary N) is 1. The molecule has 1 aromatic carbocycles. The Kier molecular flexibility index (Phi) is 7.44. The van der Waals surface area contributed by atoms with Crippen LogP contribution in [0.1, 0.15) is 49.4 Å². The van der Waals surface area contributed by atoms with E-state index in [9.17, 15) is 4.79 Å². The highest BCUT2D eigenvalue weighted by Gasteiger charge is 2.36. The number of rotatable bonds is 6. The van der Waals surface area contributed by atoms with Crippen LogP contribution < -0.4 is 14.8 Å². The van der Waals surface area contributed by atoms with Gasteiger partial charge in [-0.15, -0.1) is 12.4 Å². The number of carbonyl (C=O) groups is 1. The summed E-state index contributed by atoms with van der Waals surface area (Å²) in [5.74, 6) is 0.988. The maximum Gasteiger partial charge on any atom is 0.254 e. The van der Waals surface area contributed by atoms with Crippen molar-refractivity contribution in [2.45, 2.75) is 57.2 Å². The average Bonchev–Trinajstić information content (AvgIpc) is 2.96. The van der Waals surface area contributed by atoms with E-state index in [0.717, 1.165) is 19.3 Å². The number of ether oxygens (including phenoxy) is 2. The molecule has 1 aromatic rings. The first kappa shape index (κ1) is 21.1. The number of piperidine rings is 1. The van der Waals surface area contributed by atoms with E-state index in [1.54, 1.807) is 19.2 Å². The molecule has 0 radical (unpaired) electrons. The number of carbonyl (C=O) groups excluding carboxylic acids is 1. The normalized spacial score (nSPS) is 23.9. The van der Waals surface area contributed by atoms with Gasteiger partial charge in [0.25, 0.3) is 5.91 Å². The van der Waals surface area contributed by atoms with Gasteiger partial charge >= 0.3 is 0 Å². The summed E-state index contributed by atoms with van der Waals surface area (Å²) < 4.78 is 11.1. The van der Waals surface area contributed by atoms with E-state index in [-0.39, 0.29) is 24.4 Å². The first-order valence-electron chi connectivity index (χ1n) is 9.07. The Morgan fingerprint density at radius 3 is 2.54 bits per heavy atom. The summed E-state index contributed by atoms with van der Waals surface area (Å²) in [4.78, 5) is 14.8. The molecule has 2 saturated heterocycles. The van der Waals surface area contributed by atoms with Crippen LogP contribution in [0.4, 0.5) is 0 Å². The minimum atomic E-state index is -0.0199. The minimum Gasteiger partial charge on any atom is -0.493 e. The zero-order valence-corrected chi connectivity index (χ0v) is 17.2. The quantitative estimate of drug-likeness (QED) is 0.783. The summed E-state index contributed by atoms with van der Waals surface area (Å²) in [5, 5.41) is 4.02. The zero-order valence-electron chi connectivity index (χ0n) is 15.6. The maximum atomic E-state index is 13.0. The van der Waals surface area contributed by atoms with E-state index in [1.807, 2.05) is 18.9 Å². The Balaban J connectivity index is 0.00000243. The van der Waals surface area contributed by atoms with Crippen LogP contribution >= 0.6 is 24.0 Å². The summed E-state index contributed by atoms with van der Waals surface area (Å²) in [5.41, 5.74) is 0.541. The van der Waals surface area contributed by atoms with Gasteiger partial charge in [0.15, 0.2) is 11.5 Å². The third-order valence-corrected chi connectivity index (χ3v) is 5.52. The topological polar surface area (TPSA) is 50.8 Å². The van der Waals surface area contributed by atoms with Crippen molar-refractivity contribution in [1.82, 2.24) is 10.2 Å². The minimum absolute atomic E-state index is 0. The molecular weight excluding hydrogens is 375 g/mol. The fourth-order valence-electron chi connectivity index (χ4n) is 3.90. The number of benzene rings is 1. The van der Waals surface area contributed by atoms with Gasteiger partial charge in [0, 0.05) is 30.7 Å². The molecule has 0 spiro atoms. The largest absolute Gasteiger partial charge is 0.493 e. The lowest BCUT2D eigenvalue weighted by molar-refractivity contribution is 0.0681. The van der Waals surface area contributed by atoms with Crippen LogP contribution in [0.15, 0.2) is 12.1 Å². The summed E-state index contributed by atoms with van der Waals surface area (Å²) in [7, 11) is 3.45. The van der Waals surface area contributed by atoms with Gasteiger partial charge in [0.05, 0.1) is 18.7 Å². The van der Waals surface area contributed by atoms with Gasteiger partial charge in [-0.3, -0.25) is 4.79 Å². The van der Waals surface area contributed by atoms with Crippen LogP contribution in [0.2, 0.25) is 5.02 Å². The molecule has 146 valence electrons. The standard InChI is InChI=1S/C19H27ClN2O3.ClH/c1-4-7-25-18-16(20)8-12(9-17(18)24-3)19(23)22(2)15-10-13-5-6-14(11-15)21-13;/h8-9,13-15,21H,4-7,10-11H2,1-3H3;1H. The first-order valence-corrected chi connectivity index (χ1v) is 9.44. The third-order valence-electron chi connectivity index (χ3n) is 5.24. The van der Waals surface area contributed by atoms with Crippen LogP contribution in [0.5, 0.6) is 11.5 Å². The highest BCUT2D eigenvalue weighted by Crippen LogP contribution is 2.37. The van der Waals surface area contributed by atoms with Crippen molar-refractivity contribution in [3.05, 3.63) is 22.7 Å². The molecule has 0 saturated carbocycles. The van der Waals surface area contributed by atoms with Gasteiger partial charge in [0.2, 0.25) is 0 Å². The molecule has 2 aliphatic heterocycles. The number of nitrogens with zero attached hydrogens (tertiary/aromatic N) is 1. The van der Waals surface area contributed by atoms with Gasteiger partial charge in [-0.2, -0.15) is 0 Å². The second-order valence-corrected chi connectivity index (χ2v) is 7.42. The summed E-state index contributed by atoms with van der Waals surface area (Å²) in [6.07, 6.45) is 5.34. The Hall–Kier alpha value is -1.17. The Morgan fingerprint density at radius 1 is 1.31 bits per heavy atom. The highest BCUT2D eigenvalue weighted by molar-refractivity contribution is 6.32. The predicted molar refractivity (Wildman–Crippen MR) is 106 cm³/mol. The van der Waals surface area contributed by atoms with Crippen molar-refractivity contribution >= 4 is 29.9 Å². The molecule has 3 rings (SSSR count). The zero-order chi connectivity index (χ0) is 18.0. The Morgan fingerprint density at radius 2 is 1.96 bits per heavy atom. The third kappa shape index (κ3) is 4.38. The Bertz CT molecular complexity index is 629.